The van der Waals surface area contributed by atoms with Gasteiger partial charge in [-0.05, 0) is 74.3 Å². The quantitative estimate of drug-likeness (QED) is 0.144. The Balaban J connectivity index is 1.88. The number of benzene rings is 2. The monoisotopic (exact) mass is 572 g/mol. The first-order valence-electron chi connectivity index (χ1n) is 8.07. The van der Waals surface area contributed by atoms with Crippen molar-refractivity contribution in [3.63, 3.8) is 0 Å². The van der Waals surface area contributed by atoms with Crippen molar-refractivity contribution in [2.24, 2.45) is 5.16 Å². The highest BCUT2D eigenvalue weighted by molar-refractivity contribution is 9.11. The first kappa shape index (κ1) is 22.3. The minimum absolute atomic E-state index is 0.0745. The number of anilines is 1. The minimum Gasteiger partial charge on any atom is -0.507 e. The fourth-order valence-corrected chi connectivity index (χ4v) is 4.75. The maximum absolute atomic E-state index is 12.7. The van der Waals surface area contributed by atoms with Crippen molar-refractivity contribution >= 4 is 78.4 Å². The fourth-order valence-electron chi connectivity index (χ4n) is 2.40. The Morgan fingerprint density at radius 2 is 1.83 bits per heavy atom. The lowest BCUT2D eigenvalue weighted by Gasteiger charge is -2.13. The zero-order valence-electron chi connectivity index (χ0n) is 14.7. The van der Waals surface area contributed by atoms with E-state index >= 15 is 0 Å². The topological polar surface area (TPSA) is 108 Å². The zero-order valence-corrected chi connectivity index (χ0v) is 19.5. The third-order valence-electron chi connectivity index (χ3n) is 3.67. The second kappa shape index (κ2) is 9.61. The van der Waals surface area contributed by atoms with E-state index in [1.54, 1.807) is 24.3 Å². The molecule has 0 bridgehead atoms. The zero-order chi connectivity index (χ0) is 21.8. The van der Waals surface area contributed by atoms with Gasteiger partial charge in [0.1, 0.15) is 17.7 Å². The molecule has 154 valence electrons. The molecule has 0 saturated carbocycles. The van der Waals surface area contributed by atoms with Crippen molar-refractivity contribution in [2.75, 3.05) is 5.32 Å². The number of oxime groups is 1. The van der Waals surface area contributed by atoms with E-state index in [9.17, 15) is 14.7 Å². The van der Waals surface area contributed by atoms with Crippen LogP contribution in [-0.2, 0) is 4.79 Å². The summed E-state index contributed by atoms with van der Waals surface area (Å²) >= 11 is 13.7. The van der Waals surface area contributed by atoms with Gasteiger partial charge in [0.15, 0.2) is 5.75 Å². The number of thiophene rings is 1. The highest BCUT2D eigenvalue weighted by atomic mass is 79.9. The molecule has 30 heavy (non-hydrogen) atoms. The van der Waals surface area contributed by atoms with Crippen LogP contribution in [0.5, 0.6) is 17.2 Å². The van der Waals surface area contributed by atoms with Crippen molar-refractivity contribution in [1.82, 2.24) is 0 Å². The van der Waals surface area contributed by atoms with Crippen LogP contribution in [0, 0.1) is 0 Å². The lowest BCUT2D eigenvalue weighted by Crippen LogP contribution is -2.12. The molecule has 3 N–H and O–H groups in total. The maximum atomic E-state index is 12.7. The second-order valence-corrected chi connectivity index (χ2v) is 9.14. The number of aromatic hydroxyl groups is 1. The molecule has 2 aromatic carbocycles. The third-order valence-corrected chi connectivity index (χ3v) is 6.08. The van der Waals surface area contributed by atoms with Crippen molar-refractivity contribution in [3.8, 4) is 17.2 Å². The summed E-state index contributed by atoms with van der Waals surface area (Å²) in [6, 6.07) is 10.7. The molecule has 3 rings (SSSR count). The molecule has 0 unspecified atom stereocenters. The van der Waals surface area contributed by atoms with E-state index in [4.69, 9.17) is 21.5 Å². The molecule has 7 nitrogen and oxygen atoms in total. The van der Waals surface area contributed by atoms with Gasteiger partial charge in [0, 0.05) is 5.69 Å². The number of nitrogens with one attached hydrogen (secondary N) is 1. The number of halogens is 3. The molecule has 0 radical (unpaired) electrons. The smallest absolute Gasteiger partial charge is 0.270 e. The van der Waals surface area contributed by atoms with Gasteiger partial charge in [-0.25, -0.2) is 0 Å². The summed E-state index contributed by atoms with van der Waals surface area (Å²) in [6.45, 7) is 0. The Bertz CT molecular complexity index is 1140. The van der Waals surface area contributed by atoms with Crippen LogP contribution in [-0.4, -0.2) is 28.2 Å². The number of phenolic OH excluding ortho intramolecular Hbond substituents is 1. The van der Waals surface area contributed by atoms with Crippen LogP contribution in [0.4, 0.5) is 5.69 Å². The largest absolute Gasteiger partial charge is 0.507 e. The van der Waals surface area contributed by atoms with Crippen molar-refractivity contribution in [3.05, 3.63) is 66.2 Å². The Hall–Kier alpha value is -2.40. The van der Waals surface area contributed by atoms with E-state index < -0.39 is 5.91 Å². The van der Waals surface area contributed by atoms with E-state index in [0.29, 0.717) is 35.3 Å². The molecule has 0 fully saturated rings. The summed E-state index contributed by atoms with van der Waals surface area (Å²) in [6.07, 6.45) is 0.724. The van der Waals surface area contributed by atoms with Gasteiger partial charge >= 0.3 is 0 Å². The molecular formula is C19H11Br2ClN2O5S. The van der Waals surface area contributed by atoms with Crippen LogP contribution in [0.15, 0.2) is 56.6 Å². The fraction of sp³-hybridized carbons (Fsp3) is 0. The summed E-state index contributed by atoms with van der Waals surface area (Å²) in [5, 5.41) is 23.7. The van der Waals surface area contributed by atoms with Crippen LogP contribution >= 0.6 is 54.8 Å². The van der Waals surface area contributed by atoms with Crippen molar-refractivity contribution in [1.29, 1.82) is 0 Å². The number of ketones is 1. The number of phenols is 1. The molecule has 0 aliphatic heterocycles. The Morgan fingerprint density at radius 1 is 1.13 bits per heavy atom. The Kier molecular flexibility index (Phi) is 7.14. The molecule has 1 aromatic heterocycles. The summed E-state index contributed by atoms with van der Waals surface area (Å²) in [5.74, 6) is -0.480. The molecule has 0 aliphatic carbocycles. The van der Waals surface area contributed by atoms with Crippen LogP contribution in [0.2, 0.25) is 4.34 Å². The number of hydrogen-bond acceptors (Lipinski definition) is 7. The number of amides is 1. The SMILES string of the molecule is O=C(/C=N/O)Nc1cc(Br)c(Oc2ccc(O)c(C(=O)c3ccc(Cl)s3)c2)c(Br)c1. The molecular weight excluding hydrogens is 564 g/mol. The molecule has 11 heteroatoms. The van der Waals surface area contributed by atoms with Gasteiger partial charge in [0.05, 0.1) is 23.7 Å². The summed E-state index contributed by atoms with van der Waals surface area (Å²) in [4.78, 5) is 24.6. The number of carbonyl (C=O) groups is 2. The van der Waals surface area contributed by atoms with Gasteiger partial charge in [-0.3, -0.25) is 9.59 Å². The number of nitrogens with zero attached hydrogens (tertiary/aromatic N) is 1. The minimum atomic E-state index is -0.611. The standard InChI is InChI=1S/C19H11Br2ClN2O5S/c20-12-5-9(24-17(26)8-23-28)6-13(21)19(12)29-10-1-2-14(25)11(7-10)18(27)15-3-4-16(22)30-15/h1-8,25,28H,(H,24,26)/b23-8+. The maximum Gasteiger partial charge on any atom is 0.270 e. The molecule has 1 heterocycles. The van der Waals surface area contributed by atoms with Crippen LogP contribution in [0.3, 0.4) is 0 Å². The molecule has 1 amide bonds. The number of ether oxygens (including phenoxy) is 1. The Labute approximate surface area is 196 Å². The normalized spacial score (nSPS) is 10.9. The summed E-state index contributed by atoms with van der Waals surface area (Å²) in [5.41, 5.74) is 0.493. The van der Waals surface area contributed by atoms with Gasteiger partial charge in [-0.15, -0.1) is 11.3 Å². The average molecular weight is 575 g/mol. The van der Waals surface area contributed by atoms with Gasteiger partial charge < -0.3 is 20.4 Å². The molecule has 0 spiro atoms. The van der Waals surface area contributed by atoms with E-state index in [2.05, 4.69) is 42.3 Å². The predicted octanol–water partition coefficient (Wildman–Crippen LogP) is 6.05. The lowest BCUT2D eigenvalue weighted by molar-refractivity contribution is -0.110. The molecule has 0 saturated heterocycles. The number of rotatable bonds is 6. The first-order valence-corrected chi connectivity index (χ1v) is 10.8. The lowest BCUT2D eigenvalue weighted by atomic mass is 10.1. The van der Waals surface area contributed by atoms with Gasteiger partial charge in [0.25, 0.3) is 5.91 Å². The van der Waals surface area contributed by atoms with Gasteiger partial charge in [-0.1, -0.05) is 16.8 Å². The third kappa shape index (κ3) is 5.20. The highest BCUT2D eigenvalue weighted by Gasteiger charge is 2.18. The van der Waals surface area contributed by atoms with Crippen LogP contribution in [0.25, 0.3) is 0 Å². The summed E-state index contributed by atoms with van der Waals surface area (Å²) < 4.78 is 7.34. The first-order chi connectivity index (χ1) is 14.3. The number of carbonyl (C=O) groups excluding carboxylic acids is 2. The van der Waals surface area contributed by atoms with E-state index in [0.717, 1.165) is 17.6 Å². The average Bonchev–Trinajstić information content (AvgIpc) is 3.12. The van der Waals surface area contributed by atoms with Gasteiger partial charge in [0.2, 0.25) is 5.78 Å². The number of hydrogen-bond donors (Lipinski definition) is 3. The van der Waals surface area contributed by atoms with E-state index in [1.807, 2.05) is 0 Å². The summed E-state index contributed by atoms with van der Waals surface area (Å²) in [7, 11) is 0. The Morgan fingerprint density at radius 3 is 2.43 bits per heavy atom. The van der Waals surface area contributed by atoms with E-state index in [-0.39, 0.29) is 17.1 Å². The highest BCUT2D eigenvalue weighted by Crippen LogP contribution is 2.40. The van der Waals surface area contributed by atoms with Crippen LogP contribution < -0.4 is 10.1 Å². The van der Waals surface area contributed by atoms with Crippen molar-refractivity contribution in [2.45, 2.75) is 0 Å². The second-order valence-electron chi connectivity index (χ2n) is 5.72. The van der Waals surface area contributed by atoms with Crippen molar-refractivity contribution < 1.29 is 24.6 Å². The van der Waals surface area contributed by atoms with Crippen LogP contribution in [0.1, 0.15) is 15.2 Å². The van der Waals surface area contributed by atoms with E-state index in [1.165, 1.54) is 18.2 Å². The molecule has 0 aliphatic rings. The molecule has 3 aromatic rings. The molecule has 0 atom stereocenters. The predicted molar refractivity (Wildman–Crippen MR) is 122 cm³/mol. The van der Waals surface area contributed by atoms with Gasteiger partial charge in [-0.2, -0.15) is 0 Å².